The van der Waals surface area contributed by atoms with Gasteiger partial charge >= 0.3 is 29.6 Å². The Balaban J connectivity index is 0.00000256. The normalized spacial score (nSPS) is 19.5. The molecule has 0 bridgehead atoms. The smallest absolute Gasteiger partial charge is 0.731 e. The molecule has 0 aromatic rings. The molecule has 0 spiro atoms. The third-order valence-electron chi connectivity index (χ3n) is 1.75. The molecule has 1 rings (SSSR count). The zero-order chi connectivity index (χ0) is 12.3. The van der Waals surface area contributed by atoms with Crippen LogP contribution in [0.1, 0.15) is 0 Å². The van der Waals surface area contributed by atoms with Crippen molar-refractivity contribution in [3.63, 3.8) is 0 Å². The molecule has 1 fully saturated rings. The van der Waals surface area contributed by atoms with Crippen LogP contribution in [0.4, 0.5) is 0 Å². The molecule has 0 aliphatic carbocycles. The molecule has 0 aromatic carbocycles. The summed E-state index contributed by atoms with van der Waals surface area (Å²) in [6, 6.07) is -1.01. The third kappa shape index (κ3) is 4.24. The van der Waals surface area contributed by atoms with Gasteiger partial charge in [-0.05, 0) is 0 Å². The maximum Gasteiger partial charge on any atom is 1.00 e. The fourth-order valence-corrected chi connectivity index (χ4v) is 1.69. The second kappa shape index (κ2) is 6.31. The molecule has 1 atom stereocenters. The number of carbonyl (C=O) groups excluding carboxylic acids is 2. The van der Waals surface area contributed by atoms with E-state index in [1.54, 1.807) is 0 Å². The van der Waals surface area contributed by atoms with Crippen LogP contribution in [0.5, 0.6) is 0 Å². The second-order valence-electron chi connectivity index (χ2n) is 2.81. The molecule has 0 saturated carbocycles. The zero-order valence-corrected chi connectivity index (χ0v) is 11.9. The van der Waals surface area contributed by atoms with Crippen molar-refractivity contribution in [3.05, 3.63) is 0 Å². The Morgan fingerprint density at radius 3 is 2.71 bits per heavy atom. The first-order valence-corrected chi connectivity index (χ1v) is 5.37. The Bertz CT molecular complexity index is 435. The average Bonchev–Trinajstić information content (AvgIpc) is 2.18. The van der Waals surface area contributed by atoms with E-state index in [4.69, 9.17) is 0 Å². The number of rotatable bonds is 4. The van der Waals surface area contributed by atoms with Gasteiger partial charge in [-0.1, -0.05) is 5.16 Å². The minimum absolute atomic E-state index is 0. The molecule has 90 valence electrons. The molecule has 1 N–H and O–H groups in total. The van der Waals surface area contributed by atoms with Crippen molar-refractivity contribution in [1.82, 2.24) is 9.62 Å². The van der Waals surface area contributed by atoms with E-state index in [1.165, 1.54) is 7.11 Å². The van der Waals surface area contributed by atoms with Gasteiger partial charge in [-0.3, -0.25) is 9.59 Å². The third-order valence-corrected chi connectivity index (χ3v) is 2.62. The number of hydrogen-bond donors (Lipinski definition) is 1. The summed E-state index contributed by atoms with van der Waals surface area (Å²) >= 11 is 0. The summed E-state index contributed by atoms with van der Waals surface area (Å²) in [4.78, 5) is 26.3. The first-order chi connectivity index (χ1) is 7.36. The Morgan fingerprint density at radius 2 is 2.29 bits per heavy atom. The molecule has 11 heteroatoms. The molecule has 2 amide bonds. The van der Waals surface area contributed by atoms with E-state index in [0.29, 0.717) is 0 Å². The van der Waals surface area contributed by atoms with Crippen LogP contribution in [0.25, 0.3) is 0 Å². The number of hydrogen-bond acceptors (Lipinski definition) is 7. The molecule has 1 aliphatic rings. The summed E-state index contributed by atoms with van der Waals surface area (Å²) in [6.07, 6.45) is 0.779. The van der Waals surface area contributed by atoms with Gasteiger partial charge in [-0.25, -0.2) is 12.7 Å². The van der Waals surface area contributed by atoms with Crippen LogP contribution in [0.3, 0.4) is 0 Å². The molecule has 1 heterocycles. The van der Waals surface area contributed by atoms with Gasteiger partial charge in [-0.2, -0.15) is 0 Å². The molecule has 1 aliphatic heterocycles. The average molecular weight is 273 g/mol. The standard InChI is InChI=1S/C6H9N3O6S.Na/c1-15-7-2-5(10)8-4-3-9(6(4)11)16(12,13)14;/h2,4H,3H2,1H3,(H,8,10)(H,12,13,14);/q;+1/p-1. The molecule has 9 nitrogen and oxygen atoms in total. The molecular formula is C6H8N3NaO6S. The van der Waals surface area contributed by atoms with Crippen LogP contribution in [0, 0.1) is 0 Å². The van der Waals surface area contributed by atoms with Crippen molar-refractivity contribution in [1.29, 1.82) is 0 Å². The Labute approximate surface area is 119 Å². The molecule has 0 aromatic heterocycles. The van der Waals surface area contributed by atoms with E-state index >= 15 is 0 Å². The van der Waals surface area contributed by atoms with Crippen LogP contribution in [-0.2, 0) is 24.7 Å². The molecule has 1 unspecified atom stereocenters. The first kappa shape index (κ1) is 16.3. The van der Waals surface area contributed by atoms with Gasteiger partial charge in [0.15, 0.2) is 10.3 Å². The van der Waals surface area contributed by atoms with Crippen molar-refractivity contribution >= 4 is 28.3 Å². The van der Waals surface area contributed by atoms with Crippen LogP contribution in [-0.4, -0.2) is 55.0 Å². The Kier molecular flexibility index (Phi) is 6.05. The predicted octanol–water partition coefficient (Wildman–Crippen LogP) is -5.59. The Morgan fingerprint density at radius 1 is 1.71 bits per heavy atom. The molecule has 1 saturated heterocycles. The van der Waals surface area contributed by atoms with Crippen molar-refractivity contribution in [2.24, 2.45) is 5.16 Å². The second-order valence-corrected chi connectivity index (χ2v) is 4.10. The summed E-state index contributed by atoms with van der Waals surface area (Å²) in [7, 11) is -3.55. The quantitative estimate of drug-likeness (QED) is 0.179. The van der Waals surface area contributed by atoms with Crippen LogP contribution >= 0.6 is 0 Å². The van der Waals surface area contributed by atoms with Gasteiger partial charge in [0.25, 0.3) is 11.8 Å². The van der Waals surface area contributed by atoms with E-state index in [1.807, 2.05) is 0 Å². The maximum absolute atomic E-state index is 11.1. The van der Waals surface area contributed by atoms with Gasteiger partial charge in [0.1, 0.15) is 19.4 Å². The van der Waals surface area contributed by atoms with E-state index in [-0.39, 0.29) is 40.4 Å². The number of nitrogens with one attached hydrogen (secondary N) is 1. The van der Waals surface area contributed by atoms with Gasteiger partial charge in [0.05, 0.1) is 6.54 Å². The minimum atomic E-state index is -4.78. The first-order valence-electron chi connectivity index (χ1n) is 4.00. The Hall–Kier alpha value is -0.680. The van der Waals surface area contributed by atoms with Gasteiger partial charge < -0.3 is 14.7 Å². The number of β-lactam (4-membered cyclic amide) rings is 1. The minimum Gasteiger partial charge on any atom is -0.731 e. The summed E-state index contributed by atoms with van der Waals surface area (Å²) in [5.74, 6) is -1.68. The fourth-order valence-electron chi connectivity index (χ4n) is 1.01. The topological polar surface area (TPSA) is 128 Å². The van der Waals surface area contributed by atoms with Crippen molar-refractivity contribution < 1.29 is 57.0 Å². The van der Waals surface area contributed by atoms with Crippen molar-refractivity contribution in [2.45, 2.75) is 6.04 Å². The summed E-state index contributed by atoms with van der Waals surface area (Å²) in [6.45, 7) is -0.364. The van der Waals surface area contributed by atoms with Gasteiger partial charge in [0, 0.05) is 0 Å². The predicted molar refractivity (Wildman–Crippen MR) is 48.8 cm³/mol. The van der Waals surface area contributed by atoms with E-state index in [0.717, 1.165) is 6.21 Å². The van der Waals surface area contributed by atoms with Crippen LogP contribution in [0.2, 0.25) is 0 Å². The molecule has 17 heavy (non-hydrogen) atoms. The number of oxime groups is 1. The monoisotopic (exact) mass is 273 g/mol. The summed E-state index contributed by atoms with van der Waals surface area (Å²) in [5.41, 5.74) is 0. The number of amides is 2. The zero-order valence-electron chi connectivity index (χ0n) is 9.11. The van der Waals surface area contributed by atoms with Gasteiger partial charge in [-0.15, -0.1) is 0 Å². The van der Waals surface area contributed by atoms with Crippen LogP contribution in [0.15, 0.2) is 5.16 Å². The summed E-state index contributed by atoms with van der Waals surface area (Å²) < 4.78 is 31.4. The SMILES string of the molecule is CON=CC(=O)NC1CN(S(=O)(=O)[O-])C1=O.[Na+]. The van der Waals surface area contributed by atoms with Gasteiger partial charge in [0.2, 0.25) is 0 Å². The van der Waals surface area contributed by atoms with Crippen molar-refractivity contribution in [3.8, 4) is 0 Å². The maximum atomic E-state index is 11.1. The largest absolute Gasteiger partial charge is 1.00 e. The fraction of sp³-hybridized carbons (Fsp3) is 0.500. The van der Waals surface area contributed by atoms with E-state index < -0.39 is 28.2 Å². The molecular weight excluding hydrogens is 265 g/mol. The van der Waals surface area contributed by atoms with E-state index in [2.05, 4.69) is 15.3 Å². The van der Waals surface area contributed by atoms with Crippen molar-refractivity contribution in [2.75, 3.05) is 13.7 Å². The number of nitrogens with zero attached hydrogens (tertiary/aromatic N) is 2. The molecule has 0 radical (unpaired) electrons. The van der Waals surface area contributed by atoms with E-state index in [9.17, 15) is 22.6 Å². The number of carbonyl (C=O) groups is 2. The summed E-state index contributed by atoms with van der Waals surface area (Å²) in [5, 5.41) is 5.27. The van der Waals surface area contributed by atoms with Crippen LogP contribution < -0.4 is 34.9 Å².